The number of rotatable bonds is 3. The predicted molar refractivity (Wildman–Crippen MR) is 79.2 cm³/mol. The highest BCUT2D eigenvalue weighted by atomic mass is 16.5. The van der Waals surface area contributed by atoms with Gasteiger partial charge in [-0.1, -0.05) is 5.75 Å². The highest BCUT2D eigenvalue weighted by Gasteiger charge is 2.52. The van der Waals surface area contributed by atoms with Gasteiger partial charge >= 0.3 is 5.97 Å². The molecule has 4 bridgehead atoms. The minimum absolute atomic E-state index is 0.0258. The molecule has 1 aromatic rings. The third kappa shape index (κ3) is 1.93. The van der Waals surface area contributed by atoms with Crippen LogP contribution < -0.4 is 9.84 Å². The molecule has 0 atom stereocenters. The number of carbonyl (C=O) groups is 1. The first-order valence-corrected chi connectivity index (χ1v) is 8.13. The normalized spacial score (nSPS) is 35.6. The van der Waals surface area contributed by atoms with Crippen molar-refractivity contribution in [3.63, 3.8) is 0 Å². The van der Waals surface area contributed by atoms with E-state index in [1.807, 2.05) is 0 Å². The van der Waals surface area contributed by atoms with Crippen molar-refractivity contribution in [2.45, 2.75) is 43.9 Å². The van der Waals surface area contributed by atoms with Crippen LogP contribution in [0.15, 0.2) is 12.1 Å². The number of ether oxygens (including phenoxy) is 1. The van der Waals surface area contributed by atoms with E-state index in [-0.39, 0.29) is 11.0 Å². The molecule has 0 spiro atoms. The molecule has 4 aliphatic carbocycles. The molecule has 0 heterocycles. The molecule has 4 aliphatic rings. The molecule has 4 heteroatoms. The van der Waals surface area contributed by atoms with E-state index in [0.29, 0.717) is 5.75 Å². The average Bonchev–Trinajstić information content (AvgIpc) is 2.44. The molecule has 1 N–H and O–H groups in total. The molecule has 1 aromatic carbocycles. The quantitative estimate of drug-likeness (QED) is 0.932. The zero-order chi connectivity index (χ0) is 15.5. The molecule has 0 radical (unpaired) electrons. The van der Waals surface area contributed by atoms with E-state index in [1.54, 1.807) is 13.2 Å². The van der Waals surface area contributed by atoms with Gasteiger partial charge in [-0.15, -0.1) is 0 Å². The Morgan fingerprint density at radius 3 is 2.18 bits per heavy atom. The van der Waals surface area contributed by atoms with Gasteiger partial charge in [-0.2, -0.15) is 0 Å². The van der Waals surface area contributed by atoms with Crippen LogP contribution in [0.2, 0.25) is 0 Å². The maximum Gasteiger partial charge on any atom is 0.335 e. The van der Waals surface area contributed by atoms with Crippen molar-refractivity contribution in [3.05, 3.63) is 23.3 Å². The molecule has 0 amide bonds. The summed E-state index contributed by atoms with van der Waals surface area (Å²) in [6, 6.07) is 2.98. The Bertz CT molecular complexity index is 599. The average molecular weight is 301 g/mol. The first-order chi connectivity index (χ1) is 10.5. The van der Waals surface area contributed by atoms with Crippen LogP contribution in [0.25, 0.3) is 0 Å². The maximum absolute atomic E-state index is 12.0. The van der Waals surface area contributed by atoms with Crippen molar-refractivity contribution in [2.75, 3.05) is 7.11 Å². The summed E-state index contributed by atoms with van der Waals surface area (Å²) in [4.78, 5) is 11.4. The lowest BCUT2D eigenvalue weighted by Gasteiger charge is -2.57. The lowest BCUT2D eigenvalue weighted by atomic mass is 9.48. The van der Waals surface area contributed by atoms with Crippen LogP contribution in [0, 0.1) is 17.8 Å². The van der Waals surface area contributed by atoms with Gasteiger partial charge in [0.1, 0.15) is 5.75 Å². The molecule has 5 rings (SSSR count). The van der Waals surface area contributed by atoms with Crippen molar-refractivity contribution in [1.82, 2.24) is 0 Å². The third-order valence-electron chi connectivity index (χ3n) is 6.14. The van der Waals surface area contributed by atoms with Crippen LogP contribution in [0.5, 0.6) is 11.5 Å². The maximum atomic E-state index is 12.0. The topological polar surface area (TPSA) is 69.6 Å². The van der Waals surface area contributed by atoms with Gasteiger partial charge in [0.05, 0.1) is 12.7 Å². The Morgan fingerprint density at radius 1 is 1.18 bits per heavy atom. The predicted octanol–water partition coefficient (Wildman–Crippen LogP) is 2.93. The zero-order valence-electron chi connectivity index (χ0n) is 12.8. The van der Waals surface area contributed by atoms with Gasteiger partial charge in [0, 0.05) is 5.56 Å². The van der Waals surface area contributed by atoms with E-state index in [1.165, 1.54) is 25.3 Å². The van der Waals surface area contributed by atoms with Gasteiger partial charge in [-0.3, -0.25) is 0 Å². The minimum Gasteiger partial charge on any atom is -0.872 e. The number of aromatic carboxylic acids is 1. The van der Waals surface area contributed by atoms with E-state index >= 15 is 0 Å². The SMILES string of the molecule is COc1cc([O-])c(C(=O)O)cc1C12CC3CC(CC(C3)C1)C2. The van der Waals surface area contributed by atoms with Crippen molar-refractivity contribution in [3.8, 4) is 11.5 Å². The van der Waals surface area contributed by atoms with E-state index in [0.717, 1.165) is 42.6 Å². The van der Waals surface area contributed by atoms with Crippen LogP contribution in [-0.2, 0) is 5.41 Å². The van der Waals surface area contributed by atoms with Crippen LogP contribution in [0.3, 0.4) is 0 Å². The Labute approximate surface area is 130 Å². The summed E-state index contributed by atoms with van der Waals surface area (Å²) in [5.74, 6) is 1.26. The number of hydrogen-bond acceptors (Lipinski definition) is 3. The number of methoxy groups -OCH3 is 1. The lowest BCUT2D eigenvalue weighted by Crippen LogP contribution is -2.48. The monoisotopic (exact) mass is 301 g/mol. The van der Waals surface area contributed by atoms with E-state index < -0.39 is 11.7 Å². The molecular formula is C18H21O4-. The fourth-order valence-corrected chi connectivity index (χ4v) is 5.75. The van der Waals surface area contributed by atoms with Crippen LogP contribution >= 0.6 is 0 Å². The molecule has 4 saturated carbocycles. The molecule has 118 valence electrons. The smallest absolute Gasteiger partial charge is 0.335 e. The standard InChI is InChI=1S/C18H22O4/c1-22-16-6-15(19)13(17(20)21)5-14(16)18-7-10-2-11(8-18)4-12(3-10)9-18/h5-6,10-12,19H,2-4,7-9H2,1H3,(H,20,21)/p-1. The molecule has 0 saturated heterocycles. The number of carboxylic acid groups (broad SMARTS) is 1. The number of benzene rings is 1. The summed E-state index contributed by atoms with van der Waals surface area (Å²) in [6.07, 6.45) is 7.33. The summed E-state index contributed by atoms with van der Waals surface area (Å²) in [6.45, 7) is 0. The largest absolute Gasteiger partial charge is 0.872 e. The number of hydrogen-bond donors (Lipinski definition) is 1. The highest BCUT2D eigenvalue weighted by molar-refractivity contribution is 5.91. The van der Waals surface area contributed by atoms with Crippen molar-refractivity contribution >= 4 is 5.97 Å². The fraction of sp³-hybridized carbons (Fsp3) is 0.611. The van der Waals surface area contributed by atoms with Gasteiger partial charge in [0.25, 0.3) is 0 Å². The molecule has 22 heavy (non-hydrogen) atoms. The molecular weight excluding hydrogens is 280 g/mol. The highest BCUT2D eigenvalue weighted by Crippen LogP contribution is 2.62. The van der Waals surface area contributed by atoms with Crippen LogP contribution in [0.1, 0.15) is 54.4 Å². The van der Waals surface area contributed by atoms with Crippen molar-refractivity contribution in [1.29, 1.82) is 0 Å². The van der Waals surface area contributed by atoms with E-state index in [2.05, 4.69) is 0 Å². The summed E-state index contributed by atoms with van der Waals surface area (Å²) >= 11 is 0. The molecule has 0 aliphatic heterocycles. The Balaban J connectivity index is 1.84. The Hall–Kier alpha value is -1.71. The molecule has 4 nitrogen and oxygen atoms in total. The van der Waals surface area contributed by atoms with Gasteiger partial charge in [-0.05, 0) is 73.8 Å². The Kier molecular flexibility index (Phi) is 2.94. The Morgan fingerprint density at radius 2 is 1.73 bits per heavy atom. The molecule has 0 aromatic heterocycles. The lowest BCUT2D eigenvalue weighted by molar-refractivity contribution is -0.269. The fourth-order valence-electron chi connectivity index (χ4n) is 5.75. The minimum atomic E-state index is -1.14. The van der Waals surface area contributed by atoms with E-state index in [9.17, 15) is 15.0 Å². The van der Waals surface area contributed by atoms with Crippen molar-refractivity contribution in [2.24, 2.45) is 17.8 Å². The zero-order valence-corrected chi connectivity index (χ0v) is 12.8. The molecule has 0 unspecified atom stereocenters. The first-order valence-electron chi connectivity index (χ1n) is 8.13. The van der Waals surface area contributed by atoms with Gasteiger partial charge < -0.3 is 14.9 Å². The van der Waals surface area contributed by atoms with E-state index in [4.69, 9.17) is 4.74 Å². The van der Waals surface area contributed by atoms with Gasteiger partial charge in [0.2, 0.25) is 0 Å². The second kappa shape index (κ2) is 4.64. The second-order valence-corrected chi connectivity index (χ2v) is 7.55. The van der Waals surface area contributed by atoms with Crippen LogP contribution in [0.4, 0.5) is 0 Å². The summed E-state index contributed by atoms with van der Waals surface area (Å²) in [5, 5.41) is 21.3. The molecule has 4 fully saturated rings. The summed E-state index contributed by atoms with van der Waals surface area (Å²) in [7, 11) is 1.57. The van der Waals surface area contributed by atoms with Gasteiger partial charge in [-0.25, -0.2) is 4.79 Å². The van der Waals surface area contributed by atoms with Gasteiger partial charge in [0.15, 0.2) is 0 Å². The first kappa shape index (κ1) is 13.9. The third-order valence-corrected chi connectivity index (χ3v) is 6.14. The number of carboxylic acids is 1. The summed E-state index contributed by atoms with van der Waals surface area (Å²) in [5.41, 5.74) is 0.871. The second-order valence-electron chi connectivity index (χ2n) is 7.55. The summed E-state index contributed by atoms with van der Waals surface area (Å²) < 4.78 is 5.46. The van der Waals surface area contributed by atoms with Crippen LogP contribution in [-0.4, -0.2) is 18.2 Å². The van der Waals surface area contributed by atoms with Crippen molar-refractivity contribution < 1.29 is 19.7 Å².